The van der Waals surface area contributed by atoms with Crippen LogP contribution in [0.2, 0.25) is 0 Å². The second-order valence-corrected chi connectivity index (χ2v) is 5.36. The second kappa shape index (κ2) is 6.50. The van der Waals surface area contributed by atoms with Gasteiger partial charge in [-0.15, -0.1) is 0 Å². The lowest BCUT2D eigenvalue weighted by molar-refractivity contribution is -0.384. The fourth-order valence-electron chi connectivity index (χ4n) is 2.59. The Morgan fingerprint density at radius 2 is 2.00 bits per heavy atom. The smallest absolute Gasteiger partial charge is 0.270 e. The number of H-pyrrole nitrogens is 1. The minimum Gasteiger partial charge on any atom is -0.508 e. The number of benzene rings is 2. The molecular formula is C17H17N3O3. The molecule has 1 aromatic heterocycles. The van der Waals surface area contributed by atoms with Crippen LogP contribution in [0.1, 0.15) is 11.1 Å². The summed E-state index contributed by atoms with van der Waals surface area (Å²) < 4.78 is 0. The molecule has 0 spiro atoms. The van der Waals surface area contributed by atoms with Gasteiger partial charge >= 0.3 is 0 Å². The number of para-hydroxylation sites is 1. The second-order valence-electron chi connectivity index (χ2n) is 5.36. The van der Waals surface area contributed by atoms with Gasteiger partial charge in [-0.25, -0.2) is 0 Å². The monoisotopic (exact) mass is 311 g/mol. The predicted octanol–water partition coefficient (Wildman–Crippen LogP) is 3.11. The largest absolute Gasteiger partial charge is 0.508 e. The highest BCUT2D eigenvalue weighted by Gasteiger charge is 2.10. The van der Waals surface area contributed by atoms with E-state index in [-0.39, 0.29) is 16.4 Å². The first-order valence-corrected chi connectivity index (χ1v) is 7.37. The third kappa shape index (κ3) is 3.32. The van der Waals surface area contributed by atoms with E-state index in [1.807, 2.05) is 18.3 Å². The number of rotatable bonds is 6. The van der Waals surface area contributed by atoms with E-state index in [0.717, 1.165) is 28.5 Å². The van der Waals surface area contributed by atoms with Gasteiger partial charge in [-0.1, -0.05) is 18.2 Å². The molecule has 0 aliphatic carbocycles. The average Bonchev–Trinajstić information content (AvgIpc) is 2.95. The summed E-state index contributed by atoms with van der Waals surface area (Å²) in [4.78, 5) is 13.6. The van der Waals surface area contributed by atoms with Gasteiger partial charge in [0.05, 0.1) is 4.92 Å². The summed E-state index contributed by atoms with van der Waals surface area (Å²) in [5, 5.41) is 24.7. The maximum atomic E-state index is 10.9. The molecule has 23 heavy (non-hydrogen) atoms. The lowest BCUT2D eigenvalue weighted by Crippen LogP contribution is -2.16. The van der Waals surface area contributed by atoms with Crippen molar-refractivity contribution in [2.24, 2.45) is 0 Å². The van der Waals surface area contributed by atoms with Crippen molar-refractivity contribution >= 4 is 16.6 Å². The van der Waals surface area contributed by atoms with E-state index < -0.39 is 0 Å². The van der Waals surface area contributed by atoms with Gasteiger partial charge in [0.25, 0.3) is 5.69 Å². The Morgan fingerprint density at radius 1 is 1.17 bits per heavy atom. The quantitative estimate of drug-likeness (QED) is 0.370. The number of nitrogens with zero attached hydrogens (tertiary/aromatic N) is 1. The third-order valence-electron chi connectivity index (χ3n) is 3.84. The molecule has 6 nitrogen and oxygen atoms in total. The first-order chi connectivity index (χ1) is 11.1. The van der Waals surface area contributed by atoms with Crippen molar-refractivity contribution < 1.29 is 10.0 Å². The molecule has 3 aromatic rings. The summed E-state index contributed by atoms with van der Waals surface area (Å²) in [6.45, 7) is 1.29. The number of hydrogen-bond acceptors (Lipinski definition) is 4. The standard InChI is InChI=1S/C17H17N3O3/c21-17-4-2-1-3-13(17)10-18-8-7-12-11-19-16-6-5-14(20(22)23)9-15(12)16/h1-6,9,11,18-19,21H,7-8,10H2. The molecule has 0 saturated heterocycles. The van der Waals surface area contributed by atoms with Crippen LogP contribution in [0.5, 0.6) is 5.75 Å². The van der Waals surface area contributed by atoms with Crippen molar-refractivity contribution in [1.29, 1.82) is 0 Å². The van der Waals surface area contributed by atoms with Gasteiger partial charge in [0.2, 0.25) is 0 Å². The molecule has 0 unspecified atom stereocenters. The first-order valence-electron chi connectivity index (χ1n) is 7.37. The third-order valence-corrected chi connectivity index (χ3v) is 3.84. The van der Waals surface area contributed by atoms with Gasteiger partial charge in [-0.2, -0.15) is 0 Å². The van der Waals surface area contributed by atoms with E-state index in [0.29, 0.717) is 13.1 Å². The average molecular weight is 311 g/mol. The molecule has 1 heterocycles. The van der Waals surface area contributed by atoms with Gasteiger partial charge in [0, 0.05) is 41.3 Å². The normalized spacial score (nSPS) is 11.0. The Labute approximate surface area is 132 Å². The van der Waals surface area contributed by atoms with Crippen LogP contribution >= 0.6 is 0 Å². The molecule has 0 saturated carbocycles. The number of hydrogen-bond donors (Lipinski definition) is 3. The van der Waals surface area contributed by atoms with Gasteiger partial charge in [-0.3, -0.25) is 10.1 Å². The molecule has 0 radical (unpaired) electrons. The molecular weight excluding hydrogens is 294 g/mol. The van der Waals surface area contributed by atoms with Crippen LogP contribution < -0.4 is 5.32 Å². The van der Waals surface area contributed by atoms with Crippen molar-refractivity contribution in [2.45, 2.75) is 13.0 Å². The fourth-order valence-corrected chi connectivity index (χ4v) is 2.59. The zero-order chi connectivity index (χ0) is 16.2. The maximum Gasteiger partial charge on any atom is 0.270 e. The number of aromatic hydroxyl groups is 1. The van der Waals surface area contributed by atoms with E-state index >= 15 is 0 Å². The molecule has 0 aliphatic heterocycles. The summed E-state index contributed by atoms with van der Waals surface area (Å²) >= 11 is 0. The summed E-state index contributed by atoms with van der Waals surface area (Å²) in [7, 11) is 0. The molecule has 3 rings (SSSR count). The van der Waals surface area contributed by atoms with Gasteiger partial charge in [0.15, 0.2) is 0 Å². The van der Waals surface area contributed by atoms with Crippen molar-refractivity contribution in [3.63, 3.8) is 0 Å². The Balaban J connectivity index is 1.64. The van der Waals surface area contributed by atoms with Crippen LogP contribution in [0.25, 0.3) is 10.9 Å². The number of aromatic amines is 1. The molecule has 118 valence electrons. The van der Waals surface area contributed by atoms with E-state index in [1.54, 1.807) is 24.3 Å². The first kappa shape index (κ1) is 15.1. The predicted molar refractivity (Wildman–Crippen MR) is 88.5 cm³/mol. The Hall–Kier alpha value is -2.86. The number of nitro benzene ring substituents is 1. The molecule has 0 amide bonds. The van der Waals surface area contributed by atoms with Gasteiger partial charge in [-0.05, 0) is 30.7 Å². The zero-order valence-corrected chi connectivity index (χ0v) is 12.5. The minimum atomic E-state index is -0.382. The molecule has 6 heteroatoms. The molecule has 0 fully saturated rings. The van der Waals surface area contributed by atoms with E-state index in [4.69, 9.17) is 0 Å². The highest BCUT2D eigenvalue weighted by molar-refractivity contribution is 5.85. The van der Waals surface area contributed by atoms with Crippen molar-refractivity contribution in [3.8, 4) is 5.75 Å². The van der Waals surface area contributed by atoms with E-state index in [2.05, 4.69) is 10.3 Å². The highest BCUT2D eigenvalue weighted by atomic mass is 16.6. The minimum absolute atomic E-state index is 0.0977. The Bertz CT molecular complexity index is 842. The zero-order valence-electron chi connectivity index (χ0n) is 12.5. The van der Waals surface area contributed by atoms with Gasteiger partial charge < -0.3 is 15.4 Å². The molecule has 3 N–H and O–H groups in total. The number of nitrogens with one attached hydrogen (secondary N) is 2. The van der Waals surface area contributed by atoms with E-state index in [1.165, 1.54) is 6.07 Å². The molecule has 0 aliphatic rings. The van der Waals surface area contributed by atoms with Crippen molar-refractivity contribution in [1.82, 2.24) is 10.3 Å². The number of phenols is 1. The van der Waals surface area contributed by atoms with Crippen LogP contribution in [-0.4, -0.2) is 21.6 Å². The summed E-state index contributed by atoms with van der Waals surface area (Å²) in [5.41, 5.74) is 2.88. The molecule has 2 aromatic carbocycles. The summed E-state index contributed by atoms with van der Waals surface area (Å²) in [6.07, 6.45) is 2.63. The van der Waals surface area contributed by atoms with Crippen molar-refractivity contribution in [3.05, 3.63) is 69.9 Å². The molecule has 0 atom stereocenters. The number of non-ortho nitro benzene ring substituents is 1. The summed E-state index contributed by atoms with van der Waals surface area (Å²) in [6, 6.07) is 12.0. The van der Waals surface area contributed by atoms with Crippen LogP contribution in [0.4, 0.5) is 5.69 Å². The Kier molecular flexibility index (Phi) is 4.25. The number of phenolic OH excluding ortho intramolecular Hbond substituents is 1. The highest BCUT2D eigenvalue weighted by Crippen LogP contribution is 2.24. The fraction of sp³-hybridized carbons (Fsp3) is 0.176. The van der Waals surface area contributed by atoms with Crippen LogP contribution in [0, 0.1) is 10.1 Å². The Morgan fingerprint density at radius 3 is 2.78 bits per heavy atom. The number of nitro groups is 1. The SMILES string of the molecule is O=[N+]([O-])c1ccc2[nH]cc(CCNCc3ccccc3O)c2c1. The van der Waals surface area contributed by atoms with Crippen LogP contribution in [-0.2, 0) is 13.0 Å². The van der Waals surface area contributed by atoms with Crippen LogP contribution in [0.15, 0.2) is 48.7 Å². The lowest BCUT2D eigenvalue weighted by atomic mass is 10.1. The summed E-state index contributed by atoms with van der Waals surface area (Å²) in [5.74, 6) is 0.280. The topological polar surface area (TPSA) is 91.2 Å². The van der Waals surface area contributed by atoms with E-state index in [9.17, 15) is 15.2 Å². The lowest BCUT2D eigenvalue weighted by Gasteiger charge is -2.06. The number of aromatic nitrogens is 1. The van der Waals surface area contributed by atoms with Gasteiger partial charge in [0.1, 0.15) is 5.75 Å². The van der Waals surface area contributed by atoms with Crippen LogP contribution in [0.3, 0.4) is 0 Å². The maximum absolute atomic E-state index is 10.9. The molecule has 0 bridgehead atoms. The van der Waals surface area contributed by atoms with Crippen molar-refractivity contribution in [2.75, 3.05) is 6.54 Å². The number of fused-ring (bicyclic) bond motifs is 1.